The molecule has 1 N–H and O–H groups in total. The molecule has 124 valence electrons. The molecule has 0 bridgehead atoms. The van der Waals surface area contributed by atoms with E-state index in [4.69, 9.17) is 0 Å². The number of piperidine rings is 1. The highest BCUT2D eigenvalue weighted by atomic mass is 32.2. The summed E-state index contributed by atoms with van der Waals surface area (Å²) in [6.45, 7) is 7.53. The van der Waals surface area contributed by atoms with Crippen molar-refractivity contribution >= 4 is 10.0 Å². The molecule has 2 rings (SSSR count). The maximum atomic E-state index is 11.7. The summed E-state index contributed by atoms with van der Waals surface area (Å²) in [5, 5.41) is 10.7. The summed E-state index contributed by atoms with van der Waals surface area (Å²) in [6, 6.07) is 0. The van der Waals surface area contributed by atoms with Crippen molar-refractivity contribution in [1.82, 2.24) is 9.21 Å². The summed E-state index contributed by atoms with van der Waals surface area (Å²) in [5.74, 6) is 0.269. The van der Waals surface area contributed by atoms with Crippen LogP contribution in [0.1, 0.15) is 46.0 Å². The molecular formula is C15H30N2O3S. The van der Waals surface area contributed by atoms with Crippen LogP contribution in [0.15, 0.2) is 0 Å². The zero-order chi connectivity index (χ0) is 15.7. The topological polar surface area (TPSA) is 60.9 Å². The predicted octanol–water partition coefficient (Wildman–Crippen LogP) is 1.28. The summed E-state index contributed by atoms with van der Waals surface area (Å²) in [4.78, 5) is 2.37. The molecule has 0 aromatic heterocycles. The predicted molar refractivity (Wildman–Crippen MR) is 84.7 cm³/mol. The first kappa shape index (κ1) is 17.2. The molecule has 0 aromatic rings. The second-order valence-electron chi connectivity index (χ2n) is 7.23. The van der Waals surface area contributed by atoms with Crippen LogP contribution in [0.3, 0.4) is 0 Å². The molecule has 0 radical (unpaired) electrons. The van der Waals surface area contributed by atoms with E-state index in [0.717, 1.165) is 25.9 Å². The Labute approximate surface area is 129 Å². The Bertz CT molecular complexity index is 444. The highest BCUT2D eigenvalue weighted by Gasteiger charge is 2.38. The number of sulfonamides is 1. The van der Waals surface area contributed by atoms with Crippen molar-refractivity contribution in [2.24, 2.45) is 5.92 Å². The maximum Gasteiger partial charge on any atom is 0.211 e. The SMILES string of the molecule is CC(C)(C(O)CC1CCCN(S(C)(=O)=O)C1)N1CCCC1. The van der Waals surface area contributed by atoms with E-state index in [9.17, 15) is 13.5 Å². The van der Waals surface area contributed by atoms with E-state index in [-0.39, 0.29) is 11.5 Å². The number of hydrogen-bond acceptors (Lipinski definition) is 4. The number of nitrogens with zero attached hydrogens (tertiary/aromatic N) is 2. The van der Waals surface area contributed by atoms with Crippen molar-refractivity contribution in [3.05, 3.63) is 0 Å². The first-order valence-corrected chi connectivity index (χ1v) is 9.94. The van der Waals surface area contributed by atoms with Crippen LogP contribution >= 0.6 is 0 Å². The van der Waals surface area contributed by atoms with E-state index in [1.165, 1.54) is 19.1 Å². The number of aliphatic hydroxyl groups excluding tert-OH is 1. The van der Waals surface area contributed by atoms with Crippen LogP contribution in [0, 0.1) is 5.92 Å². The number of aliphatic hydroxyl groups is 1. The van der Waals surface area contributed by atoms with Gasteiger partial charge in [-0.3, -0.25) is 4.90 Å². The molecule has 6 heteroatoms. The van der Waals surface area contributed by atoms with Gasteiger partial charge in [0, 0.05) is 18.6 Å². The quantitative estimate of drug-likeness (QED) is 0.829. The molecule has 2 fully saturated rings. The van der Waals surface area contributed by atoms with Crippen molar-refractivity contribution in [2.75, 3.05) is 32.4 Å². The molecule has 0 spiro atoms. The van der Waals surface area contributed by atoms with Crippen LogP contribution in [0.5, 0.6) is 0 Å². The van der Waals surface area contributed by atoms with E-state index < -0.39 is 16.1 Å². The molecule has 0 amide bonds. The Hall–Kier alpha value is -0.170. The van der Waals surface area contributed by atoms with Gasteiger partial charge in [-0.25, -0.2) is 12.7 Å². The van der Waals surface area contributed by atoms with Crippen LogP contribution < -0.4 is 0 Å². The number of hydrogen-bond donors (Lipinski definition) is 1. The second-order valence-corrected chi connectivity index (χ2v) is 9.21. The highest BCUT2D eigenvalue weighted by Crippen LogP contribution is 2.30. The van der Waals surface area contributed by atoms with Crippen molar-refractivity contribution < 1.29 is 13.5 Å². The van der Waals surface area contributed by atoms with Crippen LogP contribution in [-0.4, -0.2) is 66.8 Å². The fourth-order valence-corrected chi connectivity index (χ4v) is 4.57. The van der Waals surface area contributed by atoms with Crippen molar-refractivity contribution in [3.63, 3.8) is 0 Å². The Balaban J connectivity index is 1.94. The lowest BCUT2D eigenvalue weighted by Gasteiger charge is -2.42. The number of rotatable bonds is 5. The first-order valence-electron chi connectivity index (χ1n) is 8.09. The lowest BCUT2D eigenvalue weighted by Crippen LogP contribution is -2.52. The Morgan fingerprint density at radius 2 is 1.81 bits per heavy atom. The minimum atomic E-state index is -3.10. The molecule has 21 heavy (non-hydrogen) atoms. The zero-order valence-corrected chi connectivity index (χ0v) is 14.4. The van der Waals surface area contributed by atoms with Crippen LogP contribution in [0.2, 0.25) is 0 Å². The van der Waals surface area contributed by atoms with Gasteiger partial charge in [0.25, 0.3) is 0 Å². The van der Waals surface area contributed by atoms with Gasteiger partial charge in [-0.1, -0.05) is 0 Å². The van der Waals surface area contributed by atoms with E-state index >= 15 is 0 Å². The minimum Gasteiger partial charge on any atom is -0.391 e. The first-order chi connectivity index (χ1) is 9.71. The van der Waals surface area contributed by atoms with Gasteiger partial charge in [0.2, 0.25) is 10.0 Å². The van der Waals surface area contributed by atoms with Crippen molar-refractivity contribution in [2.45, 2.75) is 57.6 Å². The van der Waals surface area contributed by atoms with Crippen molar-refractivity contribution in [3.8, 4) is 0 Å². The van der Waals surface area contributed by atoms with Gasteiger partial charge in [-0.05, 0) is 65.0 Å². The van der Waals surface area contributed by atoms with E-state index in [2.05, 4.69) is 18.7 Å². The third kappa shape index (κ3) is 4.18. The Kier molecular flexibility index (Phi) is 5.34. The van der Waals surface area contributed by atoms with E-state index in [1.54, 1.807) is 4.31 Å². The molecule has 0 saturated carbocycles. The van der Waals surface area contributed by atoms with Crippen LogP contribution in [-0.2, 0) is 10.0 Å². The molecule has 0 aliphatic carbocycles. The monoisotopic (exact) mass is 318 g/mol. The van der Waals surface area contributed by atoms with E-state index in [0.29, 0.717) is 19.5 Å². The lowest BCUT2D eigenvalue weighted by molar-refractivity contribution is -0.0150. The van der Waals surface area contributed by atoms with Gasteiger partial charge in [0.05, 0.1) is 12.4 Å². The summed E-state index contributed by atoms with van der Waals surface area (Å²) in [5.41, 5.74) is -0.218. The van der Waals surface area contributed by atoms with Gasteiger partial charge in [-0.15, -0.1) is 0 Å². The van der Waals surface area contributed by atoms with Gasteiger partial charge in [0.1, 0.15) is 0 Å². The third-order valence-corrected chi connectivity index (χ3v) is 6.51. The average Bonchev–Trinajstić information content (AvgIpc) is 2.92. The molecule has 2 atom stereocenters. The highest BCUT2D eigenvalue weighted by molar-refractivity contribution is 7.88. The fourth-order valence-electron chi connectivity index (χ4n) is 3.63. The van der Waals surface area contributed by atoms with Gasteiger partial charge in [-0.2, -0.15) is 0 Å². The zero-order valence-electron chi connectivity index (χ0n) is 13.6. The Morgan fingerprint density at radius 1 is 1.19 bits per heavy atom. The fraction of sp³-hybridized carbons (Fsp3) is 1.00. The smallest absolute Gasteiger partial charge is 0.211 e. The lowest BCUT2D eigenvalue weighted by atomic mass is 9.85. The average molecular weight is 318 g/mol. The summed E-state index contributed by atoms with van der Waals surface area (Å²) in [6.07, 6.45) is 5.90. The molecular weight excluding hydrogens is 288 g/mol. The standard InChI is InChI=1S/C15H30N2O3S/c1-15(2,16-8-4-5-9-16)14(18)11-13-7-6-10-17(12-13)21(3,19)20/h13-14,18H,4-12H2,1-3H3. The second kappa shape index (κ2) is 6.52. The Morgan fingerprint density at radius 3 is 2.38 bits per heavy atom. The van der Waals surface area contributed by atoms with Gasteiger partial charge in [0.15, 0.2) is 0 Å². The summed E-state index contributed by atoms with van der Waals surface area (Å²) in [7, 11) is -3.10. The van der Waals surface area contributed by atoms with Gasteiger partial charge >= 0.3 is 0 Å². The summed E-state index contributed by atoms with van der Waals surface area (Å²) < 4.78 is 24.9. The molecule has 2 saturated heterocycles. The number of likely N-dealkylation sites (tertiary alicyclic amines) is 1. The minimum absolute atomic E-state index is 0.218. The molecule has 2 aliphatic heterocycles. The van der Waals surface area contributed by atoms with Crippen molar-refractivity contribution in [1.29, 1.82) is 0 Å². The molecule has 2 heterocycles. The summed E-state index contributed by atoms with van der Waals surface area (Å²) >= 11 is 0. The molecule has 0 aromatic carbocycles. The molecule has 2 unspecified atom stereocenters. The van der Waals surface area contributed by atoms with Crippen LogP contribution in [0.4, 0.5) is 0 Å². The van der Waals surface area contributed by atoms with Gasteiger partial charge < -0.3 is 5.11 Å². The maximum absolute atomic E-state index is 11.7. The molecule has 2 aliphatic rings. The van der Waals surface area contributed by atoms with Crippen LogP contribution in [0.25, 0.3) is 0 Å². The van der Waals surface area contributed by atoms with E-state index in [1.807, 2.05) is 0 Å². The largest absolute Gasteiger partial charge is 0.391 e. The third-order valence-electron chi connectivity index (χ3n) is 5.24. The molecule has 5 nitrogen and oxygen atoms in total. The normalized spacial score (nSPS) is 27.9.